The summed E-state index contributed by atoms with van der Waals surface area (Å²) in [4.78, 5) is 2.47. The van der Waals surface area contributed by atoms with E-state index in [0.717, 1.165) is 6.54 Å². The van der Waals surface area contributed by atoms with E-state index in [9.17, 15) is 0 Å². The summed E-state index contributed by atoms with van der Waals surface area (Å²) in [5.41, 5.74) is 7.73. The molecular formula is C26H21N. The Balaban J connectivity index is 1.95. The van der Waals surface area contributed by atoms with Crippen LogP contribution in [-0.2, 0) is 0 Å². The molecule has 27 heavy (non-hydrogen) atoms. The Morgan fingerprint density at radius 1 is 0.630 bits per heavy atom. The Hall–Kier alpha value is -3.32. The molecule has 0 aliphatic carbocycles. The highest BCUT2D eigenvalue weighted by molar-refractivity contribution is 6.17. The van der Waals surface area contributed by atoms with Crippen LogP contribution in [0.4, 0.5) is 5.69 Å². The van der Waals surface area contributed by atoms with E-state index < -0.39 is 0 Å². The van der Waals surface area contributed by atoms with Crippen LogP contribution in [0.3, 0.4) is 0 Å². The molecule has 1 heteroatoms. The molecule has 0 aromatic heterocycles. The minimum absolute atomic E-state index is 0.925. The summed E-state index contributed by atoms with van der Waals surface area (Å²) in [5, 5.41) is 2.64. The van der Waals surface area contributed by atoms with Crippen LogP contribution in [0.2, 0.25) is 0 Å². The average Bonchev–Trinajstić information content (AvgIpc) is 2.75. The monoisotopic (exact) mass is 347 g/mol. The molecule has 130 valence electrons. The quantitative estimate of drug-likeness (QED) is 0.404. The van der Waals surface area contributed by atoms with Crippen molar-refractivity contribution in [3.8, 4) is 0 Å². The molecule has 1 aliphatic heterocycles. The predicted molar refractivity (Wildman–Crippen MR) is 116 cm³/mol. The Labute approximate surface area is 160 Å². The molecule has 0 atom stereocenters. The van der Waals surface area contributed by atoms with Crippen LogP contribution in [0, 0.1) is 0 Å². The van der Waals surface area contributed by atoms with Gasteiger partial charge in [0.1, 0.15) is 0 Å². The Bertz CT molecular complexity index is 1140. The summed E-state index contributed by atoms with van der Waals surface area (Å²) in [6.45, 7) is 3.16. The van der Waals surface area contributed by atoms with Crippen LogP contribution in [0.5, 0.6) is 0 Å². The van der Waals surface area contributed by atoms with Gasteiger partial charge in [-0.25, -0.2) is 0 Å². The van der Waals surface area contributed by atoms with Gasteiger partial charge < -0.3 is 4.90 Å². The van der Waals surface area contributed by atoms with Crippen molar-refractivity contribution >= 4 is 27.7 Å². The second-order valence-corrected chi connectivity index (χ2v) is 6.88. The molecular weight excluding hydrogens is 326 g/mol. The highest BCUT2D eigenvalue weighted by atomic mass is 15.1. The van der Waals surface area contributed by atoms with E-state index in [1.165, 1.54) is 44.4 Å². The molecule has 0 saturated heterocycles. The molecule has 0 bridgehead atoms. The van der Waals surface area contributed by atoms with Crippen molar-refractivity contribution < 1.29 is 0 Å². The van der Waals surface area contributed by atoms with E-state index in [1.807, 2.05) is 0 Å². The molecule has 1 aliphatic rings. The standard InChI is InChI=1S/C26H21N/c1-2-27-23-18-10-16-19-15-9-17-22(24(19)23)25(20-11-5-3-6-12-20)26(27)21-13-7-4-8-14-21/h3-18H,2H2,1H3. The zero-order valence-corrected chi connectivity index (χ0v) is 15.4. The maximum Gasteiger partial charge on any atom is 0.0570 e. The lowest BCUT2D eigenvalue weighted by atomic mass is 9.85. The lowest BCUT2D eigenvalue weighted by Crippen LogP contribution is -2.25. The minimum Gasteiger partial charge on any atom is -0.340 e. The average molecular weight is 347 g/mol. The number of nitrogens with zero attached hydrogens (tertiary/aromatic N) is 1. The summed E-state index contributed by atoms with van der Waals surface area (Å²) < 4.78 is 0. The fraction of sp³-hybridized carbons (Fsp3) is 0.0769. The number of hydrogen-bond donors (Lipinski definition) is 0. The maximum atomic E-state index is 2.47. The first kappa shape index (κ1) is 15.9. The van der Waals surface area contributed by atoms with E-state index in [-0.39, 0.29) is 0 Å². The van der Waals surface area contributed by atoms with E-state index in [0.29, 0.717) is 0 Å². The van der Waals surface area contributed by atoms with Crippen LogP contribution in [0.25, 0.3) is 22.0 Å². The topological polar surface area (TPSA) is 3.24 Å². The van der Waals surface area contributed by atoms with Crippen LogP contribution < -0.4 is 4.90 Å². The van der Waals surface area contributed by atoms with Gasteiger partial charge in [0.15, 0.2) is 0 Å². The third-order valence-electron chi connectivity index (χ3n) is 5.38. The van der Waals surface area contributed by atoms with Gasteiger partial charge in [0.05, 0.1) is 5.70 Å². The maximum absolute atomic E-state index is 2.47. The van der Waals surface area contributed by atoms with Gasteiger partial charge in [-0.3, -0.25) is 0 Å². The predicted octanol–water partition coefficient (Wildman–Crippen LogP) is 6.60. The smallest absolute Gasteiger partial charge is 0.0570 e. The fourth-order valence-corrected chi connectivity index (χ4v) is 4.26. The highest BCUT2D eigenvalue weighted by Crippen LogP contribution is 2.46. The van der Waals surface area contributed by atoms with Gasteiger partial charge in [-0.15, -0.1) is 0 Å². The van der Waals surface area contributed by atoms with Gasteiger partial charge in [0.2, 0.25) is 0 Å². The second kappa shape index (κ2) is 6.44. The van der Waals surface area contributed by atoms with Crippen molar-refractivity contribution in [3.05, 3.63) is 114 Å². The van der Waals surface area contributed by atoms with Crippen molar-refractivity contribution in [1.82, 2.24) is 0 Å². The molecule has 0 fully saturated rings. The normalized spacial score (nSPS) is 13.3. The van der Waals surface area contributed by atoms with Crippen molar-refractivity contribution in [2.24, 2.45) is 0 Å². The zero-order valence-electron chi connectivity index (χ0n) is 15.4. The van der Waals surface area contributed by atoms with E-state index in [1.54, 1.807) is 0 Å². The first-order valence-corrected chi connectivity index (χ1v) is 9.53. The summed E-state index contributed by atoms with van der Waals surface area (Å²) in [5.74, 6) is 0. The SMILES string of the molecule is CCN1C(c2ccccc2)=C(c2ccccc2)c2cccc3cccc1c23. The molecule has 4 aromatic rings. The Kier molecular flexibility index (Phi) is 3.79. The third-order valence-corrected chi connectivity index (χ3v) is 5.38. The van der Waals surface area contributed by atoms with E-state index in [2.05, 4.69) is 109 Å². The molecule has 0 saturated carbocycles. The van der Waals surface area contributed by atoms with Crippen molar-refractivity contribution in [2.75, 3.05) is 11.4 Å². The second-order valence-electron chi connectivity index (χ2n) is 6.88. The van der Waals surface area contributed by atoms with Gasteiger partial charge in [0.25, 0.3) is 0 Å². The number of rotatable bonds is 3. The zero-order chi connectivity index (χ0) is 18.2. The molecule has 1 nitrogen and oxygen atoms in total. The lowest BCUT2D eigenvalue weighted by Gasteiger charge is -2.35. The van der Waals surface area contributed by atoms with Crippen molar-refractivity contribution in [1.29, 1.82) is 0 Å². The van der Waals surface area contributed by atoms with Gasteiger partial charge in [0, 0.05) is 23.2 Å². The van der Waals surface area contributed by atoms with Gasteiger partial charge >= 0.3 is 0 Å². The highest BCUT2D eigenvalue weighted by Gasteiger charge is 2.27. The van der Waals surface area contributed by atoms with Gasteiger partial charge in [-0.2, -0.15) is 0 Å². The van der Waals surface area contributed by atoms with Crippen molar-refractivity contribution in [3.63, 3.8) is 0 Å². The number of hydrogen-bond acceptors (Lipinski definition) is 1. The summed E-state index contributed by atoms with van der Waals surface area (Å²) in [6, 6.07) is 34.8. The largest absolute Gasteiger partial charge is 0.340 e. The van der Waals surface area contributed by atoms with Crippen LogP contribution in [0.15, 0.2) is 97.1 Å². The molecule has 1 heterocycles. The number of benzene rings is 4. The molecule has 0 N–H and O–H groups in total. The molecule has 0 amide bonds. The van der Waals surface area contributed by atoms with E-state index in [4.69, 9.17) is 0 Å². The van der Waals surface area contributed by atoms with Gasteiger partial charge in [-0.1, -0.05) is 91.0 Å². The Morgan fingerprint density at radius 3 is 1.93 bits per heavy atom. The first-order chi connectivity index (χ1) is 13.4. The fourth-order valence-electron chi connectivity index (χ4n) is 4.26. The Morgan fingerprint density at radius 2 is 1.26 bits per heavy atom. The minimum atomic E-state index is 0.925. The van der Waals surface area contributed by atoms with Crippen molar-refractivity contribution in [2.45, 2.75) is 6.92 Å². The molecule has 0 radical (unpaired) electrons. The van der Waals surface area contributed by atoms with Crippen LogP contribution in [0.1, 0.15) is 23.6 Å². The summed E-state index contributed by atoms with van der Waals surface area (Å²) in [6.07, 6.45) is 0. The van der Waals surface area contributed by atoms with Crippen LogP contribution in [-0.4, -0.2) is 6.54 Å². The summed E-state index contributed by atoms with van der Waals surface area (Å²) >= 11 is 0. The molecule has 5 rings (SSSR count). The third kappa shape index (κ3) is 2.47. The first-order valence-electron chi connectivity index (χ1n) is 9.53. The molecule has 0 spiro atoms. The number of anilines is 1. The molecule has 4 aromatic carbocycles. The van der Waals surface area contributed by atoms with E-state index >= 15 is 0 Å². The van der Waals surface area contributed by atoms with Gasteiger partial charge in [-0.05, 0) is 35.1 Å². The van der Waals surface area contributed by atoms with Crippen LogP contribution >= 0.6 is 0 Å². The summed E-state index contributed by atoms with van der Waals surface area (Å²) in [7, 11) is 0. The molecule has 0 unspecified atom stereocenters. The lowest BCUT2D eigenvalue weighted by molar-refractivity contribution is 1.03.